The lowest BCUT2D eigenvalue weighted by Crippen LogP contribution is -2.27. The van der Waals surface area contributed by atoms with Crippen LogP contribution >= 0.6 is 0 Å². The maximum Gasteiger partial charge on any atom is 0.343 e. The standard InChI is InChI=1S/C8H9N3O4/c1-15-10-8(12)9-6-3-2-4-7(5-6)11(13)14/h2-5H,1H3,(H2,9,10,12). The van der Waals surface area contributed by atoms with Crippen molar-refractivity contribution >= 4 is 17.4 Å². The number of hydroxylamine groups is 1. The van der Waals surface area contributed by atoms with Gasteiger partial charge in [-0.2, -0.15) is 0 Å². The van der Waals surface area contributed by atoms with E-state index in [2.05, 4.69) is 10.2 Å². The lowest BCUT2D eigenvalue weighted by Gasteiger charge is -2.04. The first kappa shape index (κ1) is 10.9. The summed E-state index contributed by atoms with van der Waals surface area (Å²) in [6.07, 6.45) is 0. The molecule has 0 heterocycles. The van der Waals surface area contributed by atoms with E-state index in [-0.39, 0.29) is 5.69 Å². The summed E-state index contributed by atoms with van der Waals surface area (Å²) < 4.78 is 0. The lowest BCUT2D eigenvalue weighted by molar-refractivity contribution is -0.384. The number of rotatable bonds is 3. The van der Waals surface area contributed by atoms with Crippen molar-refractivity contribution in [3.8, 4) is 0 Å². The highest BCUT2D eigenvalue weighted by Crippen LogP contribution is 2.16. The molecule has 2 amide bonds. The van der Waals surface area contributed by atoms with E-state index in [0.717, 1.165) is 0 Å². The molecule has 0 atom stereocenters. The summed E-state index contributed by atoms with van der Waals surface area (Å²) in [5.41, 5.74) is 2.25. The first-order valence-electron chi connectivity index (χ1n) is 3.98. The molecule has 0 aliphatic heterocycles. The van der Waals surface area contributed by atoms with Gasteiger partial charge in [-0.05, 0) is 6.07 Å². The number of hydrogen-bond acceptors (Lipinski definition) is 4. The summed E-state index contributed by atoms with van der Waals surface area (Å²) in [7, 11) is 1.28. The third-order valence-electron chi connectivity index (χ3n) is 1.51. The number of hydrogen-bond donors (Lipinski definition) is 2. The molecule has 0 spiro atoms. The number of benzene rings is 1. The fourth-order valence-electron chi connectivity index (χ4n) is 0.947. The molecule has 15 heavy (non-hydrogen) atoms. The van der Waals surface area contributed by atoms with Crippen LogP contribution in [0.25, 0.3) is 0 Å². The first-order valence-corrected chi connectivity index (χ1v) is 3.98. The summed E-state index contributed by atoms with van der Waals surface area (Å²) in [6.45, 7) is 0. The van der Waals surface area contributed by atoms with Gasteiger partial charge in [0.1, 0.15) is 0 Å². The largest absolute Gasteiger partial charge is 0.343 e. The van der Waals surface area contributed by atoms with Crippen LogP contribution in [0.1, 0.15) is 0 Å². The number of nitro groups is 1. The van der Waals surface area contributed by atoms with Gasteiger partial charge in [-0.1, -0.05) is 6.07 Å². The second-order valence-electron chi connectivity index (χ2n) is 2.57. The van der Waals surface area contributed by atoms with Crippen LogP contribution < -0.4 is 10.8 Å². The Morgan fingerprint density at radius 3 is 2.87 bits per heavy atom. The Bertz CT molecular complexity index is 380. The molecule has 0 saturated carbocycles. The molecule has 0 fully saturated rings. The highest BCUT2D eigenvalue weighted by molar-refractivity contribution is 5.88. The Morgan fingerprint density at radius 1 is 1.53 bits per heavy atom. The summed E-state index contributed by atoms with van der Waals surface area (Å²) in [6, 6.07) is 4.98. The molecule has 0 aromatic heterocycles. The van der Waals surface area contributed by atoms with Crippen molar-refractivity contribution < 1.29 is 14.6 Å². The van der Waals surface area contributed by atoms with Gasteiger partial charge in [0.15, 0.2) is 0 Å². The number of non-ortho nitro benzene ring substituents is 1. The average molecular weight is 211 g/mol. The summed E-state index contributed by atoms with van der Waals surface area (Å²) in [5, 5.41) is 12.8. The monoisotopic (exact) mass is 211 g/mol. The van der Waals surface area contributed by atoms with Crippen LogP contribution in [-0.4, -0.2) is 18.1 Å². The van der Waals surface area contributed by atoms with Crippen LogP contribution in [0, 0.1) is 10.1 Å². The van der Waals surface area contributed by atoms with E-state index in [0.29, 0.717) is 5.69 Å². The van der Waals surface area contributed by atoms with Gasteiger partial charge >= 0.3 is 6.03 Å². The van der Waals surface area contributed by atoms with E-state index < -0.39 is 11.0 Å². The second kappa shape index (κ2) is 4.91. The Balaban J connectivity index is 2.73. The van der Waals surface area contributed by atoms with Gasteiger partial charge in [-0.3, -0.25) is 15.0 Å². The van der Waals surface area contributed by atoms with E-state index in [1.54, 1.807) is 0 Å². The van der Waals surface area contributed by atoms with Crippen molar-refractivity contribution in [3.63, 3.8) is 0 Å². The highest BCUT2D eigenvalue weighted by Gasteiger charge is 2.07. The zero-order chi connectivity index (χ0) is 11.3. The zero-order valence-corrected chi connectivity index (χ0v) is 7.89. The van der Waals surface area contributed by atoms with Crippen molar-refractivity contribution in [2.24, 2.45) is 0 Å². The molecule has 0 aliphatic rings. The van der Waals surface area contributed by atoms with Crippen LogP contribution in [-0.2, 0) is 4.84 Å². The maximum absolute atomic E-state index is 11.0. The Hall–Kier alpha value is -2.15. The van der Waals surface area contributed by atoms with Gasteiger partial charge < -0.3 is 5.32 Å². The fourth-order valence-corrected chi connectivity index (χ4v) is 0.947. The van der Waals surface area contributed by atoms with Crippen molar-refractivity contribution in [2.45, 2.75) is 0 Å². The normalized spacial score (nSPS) is 9.40. The minimum atomic E-state index is -0.599. The molecule has 1 rings (SSSR count). The predicted molar refractivity (Wildman–Crippen MR) is 52.3 cm³/mol. The Kier molecular flexibility index (Phi) is 3.58. The third-order valence-corrected chi connectivity index (χ3v) is 1.51. The third kappa shape index (κ3) is 3.24. The molecule has 1 aromatic carbocycles. The summed E-state index contributed by atoms with van der Waals surface area (Å²) in [5.74, 6) is 0. The molecular weight excluding hydrogens is 202 g/mol. The topological polar surface area (TPSA) is 93.5 Å². The first-order chi connectivity index (χ1) is 7.13. The molecule has 7 heteroatoms. The van der Waals surface area contributed by atoms with E-state index in [4.69, 9.17) is 0 Å². The molecule has 0 unspecified atom stereocenters. The highest BCUT2D eigenvalue weighted by atomic mass is 16.6. The Labute approximate surface area is 85.1 Å². The van der Waals surface area contributed by atoms with E-state index in [1.807, 2.05) is 5.48 Å². The number of carbonyl (C=O) groups excluding carboxylic acids is 1. The SMILES string of the molecule is CONC(=O)Nc1cccc([N+](=O)[O-])c1. The van der Waals surface area contributed by atoms with Crippen LogP contribution in [0.5, 0.6) is 0 Å². The molecular formula is C8H9N3O4. The van der Waals surface area contributed by atoms with Gasteiger partial charge in [-0.25, -0.2) is 10.3 Å². The smallest absolute Gasteiger partial charge is 0.306 e. The number of urea groups is 1. The molecule has 0 saturated heterocycles. The molecule has 80 valence electrons. The number of nitrogens with zero attached hydrogens (tertiary/aromatic N) is 1. The van der Waals surface area contributed by atoms with Gasteiger partial charge in [0.05, 0.1) is 12.0 Å². The van der Waals surface area contributed by atoms with Crippen LogP contribution in [0.15, 0.2) is 24.3 Å². The number of amides is 2. The van der Waals surface area contributed by atoms with Gasteiger partial charge in [-0.15, -0.1) is 0 Å². The van der Waals surface area contributed by atoms with E-state index in [9.17, 15) is 14.9 Å². The maximum atomic E-state index is 11.0. The minimum Gasteiger partial charge on any atom is -0.306 e. The quantitative estimate of drug-likeness (QED) is 0.581. The minimum absolute atomic E-state index is 0.0924. The van der Waals surface area contributed by atoms with Crippen molar-refractivity contribution in [2.75, 3.05) is 12.4 Å². The zero-order valence-electron chi connectivity index (χ0n) is 7.89. The molecule has 0 bridgehead atoms. The van der Waals surface area contributed by atoms with Gasteiger partial charge in [0.2, 0.25) is 0 Å². The van der Waals surface area contributed by atoms with Crippen LogP contribution in [0.3, 0.4) is 0 Å². The summed E-state index contributed by atoms with van der Waals surface area (Å²) in [4.78, 5) is 25.2. The van der Waals surface area contributed by atoms with Gasteiger partial charge in [0, 0.05) is 17.8 Å². The lowest BCUT2D eigenvalue weighted by atomic mass is 10.3. The van der Waals surface area contributed by atoms with Crippen molar-refractivity contribution in [1.29, 1.82) is 0 Å². The van der Waals surface area contributed by atoms with Gasteiger partial charge in [0.25, 0.3) is 5.69 Å². The number of carbonyl (C=O) groups is 1. The van der Waals surface area contributed by atoms with Crippen molar-refractivity contribution in [3.05, 3.63) is 34.4 Å². The predicted octanol–water partition coefficient (Wildman–Crippen LogP) is 1.28. The van der Waals surface area contributed by atoms with E-state index in [1.165, 1.54) is 31.4 Å². The van der Waals surface area contributed by atoms with E-state index >= 15 is 0 Å². The average Bonchev–Trinajstić information content (AvgIpc) is 2.18. The number of anilines is 1. The number of nitro benzene ring substituents is 1. The molecule has 0 aliphatic carbocycles. The van der Waals surface area contributed by atoms with Crippen molar-refractivity contribution in [1.82, 2.24) is 5.48 Å². The second-order valence-corrected chi connectivity index (χ2v) is 2.57. The van der Waals surface area contributed by atoms with Crippen LogP contribution in [0.2, 0.25) is 0 Å². The molecule has 1 aromatic rings. The van der Waals surface area contributed by atoms with Crippen LogP contribution in [0.4, 0.5) is 16.2 Å². The number of nitrogens with one attached hydrogen (secondary N) is 2. The molecule has 2 N–H and O–H groups in total. The molecule has 0 radical (unpaired) electrons. The fraction of sp³-hybridized carbons (Fsp3) is 0.125. The Morgan fingerprint density at radius 2 is 2.27 bits per heavy atom. The molecule has 7 nitrogen and oxygen atoms in total. The summed E-state index contributed by atoms with van der Waals surface area (Å²) >= 11 is 0.